The summed E-state index contributed by atoms with van der Waals surface area (Å²) in [5.74, 6) is 0.152. The maximum absolute atomic E-state index is 11.4. The van der Waals surface area contributed by atoms with Gasteiger partial charge in [0.15, 0.2) is 0 Å². The van der Waals surface area contributed by atoms with Crippen LogP contribution < -0.4 is 10.6 Å². The van der Waals surface area contributed by atoms with Crippen molar-refractivity contribution in [2.24, 2.45) is 0 Å². The number of carbonyl (C=O) groups is 1. The van der Waals surface area contributed by atoms with Crippen LogP contribution in [0.15, 0.2) is 18.2 Å². The maximum atomic E-state index is 11.4. The Morgan fingerprint density at radius 2 is 2.15 bits per heavy atom. The summed E-state index contributed by atoms with van der Waals surface area (Å²) < 4.78 is 0. The SMILES string of the molecule is CC1CCC(CCCc2ccc3c(c2)NC(=O)CC3)N1. The van der Waals surface area contributed by atoms with E-state index >= 15 is 0 Å². The Balaban J connectivity index is 1.53. The van der Waals surface area contributed by atoms with E-state index in [1.807, 2.05) is 0 Å². The number of amides is 1. The molecular weight excluding hydrogens is 248 g/mol. The molecule has 3 rings (SSSR count). The Morgan fingerprint density at radius 3 is 2.95 bits per heavy atom. The van der Waals surface area contributed by atoms with Crippen LogP contribution >= 0.6 is 0 Å². The number of carbonyl (C=O) groups excluding carboxylic acids is 1. The monoisotopic (exact) mass is 272 g/mol. The number of nitrogens with one attached hydrogen (secondary N) is 2. The Hall–Kier alpha value is -1.35. The minimum Gasteiger partial charge on any atom is -0.326 e. The van der Waals surface area contributed by atoms with Crippen LogP contribution in [0.3, 0.4) is 0 Å². The fraction of sp³-hybridized carbons (Fsp3) is 0.588. The van der Waals surface area contributed by atoms with E-state index in [1.165, 1.54) is 36.8 Å². The lowest BCUT2D eigenvalue weighted by molar-refractivity contribution is -0.116. The Labute approximate surface area is 121 Å². The minimum atomic E-state index is 0.152. The fourth-order valence-corrected chi connectivity index (χ4v) is 3.37. The van der Waals surface area contributed by atoms with Gasteiger partial charge in [0.1, 0.15) is 0 Å². The highest BCUT2D eigenvalue weighted by Gasteiger charge is 2.19. The highest BCUT2D eigenvalue weighted by Crippen LogP contribution is 2.25. The Morgan fingerprint density at radius 1 is 1.25 bits per heavy atom. The van der Waals surface area contributed by atoms with Crippen molar-refractivity contribution in [1.82, 2.24) is 5.32 Å². The molecule has 0 aliphatic carbocycles. The number of benzene rings is 1. The summed E-state index contributed by atoms with van der Waals surface area (Å²) >= 11 is 0. The Kier molecular flexibility index (Phi) is 4.06. The lowest BCUT2D eigenvalue weighted by Gasteiger charge is -2.18. The number of hydrogen-bond acceptors (Lipinski definition) is 2. The molecule has 1 fully saturated rings. The minimum absolute atomic E-state index is 0.152. The topological polar surface area (TPSA) is 41.1 Å². The second-order valence-corrected chi connectivity index (χ2v) is 6.27. The lowest BCUT2D eigenvalue weighted by atomic mass is 9.98. The number of hydrogen-bond donors (Lipinski definition) is 2. The molecule has 1 saturated heterocycles. The lowest BCUT2D eigenvalue weighted by Crippen LogP contribution is -2.26. The van der Waals surface area contributed by atoms with E-state index in [0.29, 0.717) is 18.5 Å². The molecule has 0 aromatic heterocycles. The van der Waals surface area contributed by atoms with Gasteiger partial charge < -0.3 is 10.6 Å². The molecule has 108 valence electrons. The van der Waals surface area contributed by atoms with Gasteiger partial charge in [-0.05, 0) is 62.6 Å². The molecule has 20 heavy (non-hydrogen) atoms. The number of aryl methyl sites for hydroxylation is 2. The molecule has 3 heteroatoms. The Bertz CT molecular complexity index is 498. The molecule has 2 aliphatic heterocycles. The fourth-order valence-electron chi connectivity index (χ4n) is 3.37. The van der Waals surface area contributed by atoms with Gasteiger partial charge >= 0.3 is 0 Å². The van der Waals surface area contributed by atoms with Crippen molar-refractivity contribution in [3.05, 3.63) is 29.3 Å². The second kappa shape index (κ2) is 5.96. The van der Waals surface area contributed by atoms with E-state index in [0.717, 1.165) is 18.5 Å². The van der Waals surface area contributed by atoms with Crippen molar-refractivity contribution in [3.8, 4) is 0 Å². The molecule has 3 nitrogen and oxygen atoms in total. The predicted octanol–water partition coefficient (Wildman–Crippen LogP) is 3.03. The van der Waals surface area contributed by atoms with Crippen LogP contribution in [0.1, 0.15) is 50.2 Å². The van der Waals surface area contributed by atoms with Crippen LogP contribution in [0.5, 0.6) is 0 Å². The molecular formula is C17H24N2O. The molecule has 0 saturated carbocycles. The smallest absolute Gasteiger partial charge is 0.224 e. The highest BCUT2D eigenvalue weighted by atomic mass is 16.1. The van der Waals surface area contributed by atoms with Gasteiger partial charge in [-0.1, -0.05) is 12.1 Å². The van der Waals surface area contributed by atoms with Gasteiger partial charge in [-0.2, -0.15) is 0 Å². The van der Waals surface area contributed by atoms with Crippen molar-refractivity contribution >= 4 is 11.6 Å². The maximum Gasteiger partial charge on any atom is 0.224 e. The molecule has 0 bridgehead atoms. The first kappa shape index (κ1) is 13.6. The molecule has 2 N–H and O–H groups in total. The van der Waals surface area contributed by atoms with Gasteiger partial charge in [-0.15, -0.1) is 0 Å². The van der Waals surface area contributed by atoms with Crippen molar-refractivity contribution in [2.45, 2.75) is 64.0 Å². The standard InChI is InChI=1S/C17H24N2O/c1-12-5-9-15(18-12)4-2-3-13-6-7-14-8-10-17(20)19-16(14)11-13/h6-7,11-12,15,18H,2-5,8-10H2,1H3,(H,19,20). The summed E-state index contributed by atoms with van der Waals surface area (Å²) in [7, 11) is 0. The zero-order valence-electron chi connectivity index (χ0n) is 12.2. The van der Waals surface area contributed by atoms with Crippen LogP contribution in [0.25, 0.3) is 0 Å². The third kappa shape index (κ3) is 3.21. The highest BCUT2D eigenvalue weighted by molar-refractivity contribution is 5.93. The van der Waals surface area contributed by atoms with E-state index in [1.54, 1.807) is 0 Å². The van der Waals surface area contributed by atoms with Crippen molar-refractivity contribution < 1.29 is 4.79 Å². The second-order valence-electron chi connectivity index (χ2n) is 6.27. The molecule has 1 aromatic rings. The van der Waals surface area contributed by atoms with Crippen molar-refractivity contribution in [2.75, 3.05) is 5.32 Å². The predicted molar refractivity (Wildman–Crippen MR) is 82.0 cm³/mol. The molecule has 2 heterocycles. The van der Waals surface area contributed by atoms with Crippen LogP contribution in [0.2, 0.25) is 0 Å². The summed E-state index contributed by atoms with van der Waals surface area (Å²) in [5.41, 5.74) is 3.66. The third-order valence-electron chi connectivity index (χ3n) is 4.56. The average molecular weight is 272 g/mol. The van der Waals surface area contributed by atoms with Gasteiger partial charge in [0.25, 0.3) is 0 Å². The number of fused-ring (bicyclic) bond motifs is 1. The third-order valence-corrected chi connectivity index (χ3v) is 4.56. The summed E-state index contributed by atoms with van der Waals surface area (Å²) in [6.07, 6.45) is 7.72. The first-order chi connectivity index (χ1) is 9.70. The first-order valence-corrected chi connectivity index (χ1v) is 7.88. The molecule has 1 aromatic carbocycles. The van der Waals surface area contributed by atoms with E-state index in [9.17, 15) is 4.79 Å². The molecule has 2 unspecified atom stereocenters. The summed E-state index contributed by atoms with van der Waals surface area (Å²) in [6, 6.07) is 7.97. The van der Waals surface area contributed by atoms with Gasteiger partial charge in [-0.3, -0.25) is 4.79 Å². The van der Waals surface area contributed by atoms with Crippen molar-refractivity contribution in [1.29, 1.82) is 0 Å². The van der Waals surface area contributed by atoms with Gasteiger partial charge in [0, 0.05) is 24.2 Å². The van der Waals surface area contributed by atoms with Gasteiger partial charge in [-0.25, -0.2) is 0 Å². The van der Waals surface area contributed by atoms with E-state index in [2.05, 4.69) is 35.8 Å². The molecule has 0 radical (unpaired) electrons. The van der Waals surface area contributed by atoms with Crippen LogP contribution in [0, 0.1) is 0 Å². The van der Waals surface area contributed by atoms with Crippen molar-refractivity contribution in [3.63, 3.8) is 0 Å². The van der Waals surface area contributed by atoms with Crippen LogP contribution in [-0.2, 0) is 17.6 Å². The summed E-state index contributed by atoms with van der Waals surface area (Å²) in [6.45, 7) is 2.27. The largest absolute Gasteiger partial charge is 0.326 e. The van der Waals surface area contributed by atoms with Crippen LogP contribution in [-0.4, -0.2) is 18.0 Å². The molecule has 1 amide bonds. The normalized spacial score (nSPS) is 25.4. The van der Waals surface area contributed by atoms with Gasteiger partial charge in [0.2, 0.25) is 5.91 Å². The molecule has 0 spiro atoms. The summed E-state index contributed by atoms with van der Waals surface area (Å²) in [4.78, 5) is 11.4. The van der Waals surface area contributed by atoms with E-state index < -0.39 is 0 Å². The summed E-state index contributed by atoms with van der Waals surface area (Å²) in [5, 5.41) is 6.63. The number of rotatable bonds is 4. The van der Waals surface area contributed by atoms with E-state index in [4.69, 9.17) is 0 Å². The average Bonchev–Trinajstić information content (AvgIpc) is 2.84. The number of anilines is 1. The quantitative estimate of drug-likeness (QED) is 0.884. The van der Waals surface area contributed by atoms with Crippen LogP contribution in [0.4, 0.5) is 5.69 Å². The zero-order valence-corrected chi connectivity index (χ0v) is 12.2. The molecule has 2 atom stereocenters. The van der Waals surface area contributed by atoms with Gasteiger partial charge in [0.05, 0.1) is 0 Å². The first-order valence-electron chi connectivity index (χ1n) is 7.88. The van der Waals surface area contributed by atoms with E-state index in [-0.39, 0.29) is 5.91 Å². The zero-order chi connectivity index (χ0) is 13.9. The molecule has 2 aliphatic rings.